The van der Waals surface area contributed by atoms with Gasteiger partial charge in [0, 0.05) is 40.8 Å². The molecule has 0 radical (unpaired) electrons. The standard InChI is InChI=1S/C31H37ClFN5O6S2/c1-30(2,18-37-9-11-46(42,43)12-10-37)28-36-35-26(44-28)22-13-24-25(14-23(22)33)45-17-20(15-31(3,4)34-29(40)41)27(39)38(24)16-19-5-7-21(32)8-6-19/h5-8,13-14,20,34H,9-12,15-18H2,1-4H3,(H,40,41)/t20-/m0/s1. The SMILES string of the molecule is CC(C)(C[C@H]1CSc2cc(F)c(-c3nnc(C(C)(C)CN4CCS(=O)(=O)CC4)o3)cc2N(Cc2ccc(Cl)cc2)C1=O)NC(=O)O. The summed E-state index contributed by atoms with van der Waals surface area (Å²) >= 11 is 7.43. The summed E-state index contributed by atoms with van der Waals surface area (Å²) in [5.74, 6) is -0.641. The highest BCUT2D eigenvalue weighted by molar-refractivity contribution is 7.99. The number of carboxylic acid groups (broad SMARTS) is 1. The molecule has 2 N–H and O–H groups in total. The predicted octanol–water partition coefficient (Wildman–Crippen LogP) is 5.23. The third-order valence-corrected chi connectivity index (χ3v) is 11.2. The highest BCUT2D eigenvalue weighted by Crippen LogP contribution is 2.42. The molecule has 2 aromatic carbocycles. The van der Waals surface area contributed by atoms with Crippen molar-refractivity contribution in [1.29, 1.82) is 0 Å². The van der Waals surface area contributed by atoms with Gasteiger partial charge in [0.2, 0.25) is 11.8 Å². The molecule has 2 amide bonds. The van der Waals surface area contributed by atoms with Crippen molar-refractivity contribution >= 4 is 50.9 Å². The number of fused-ring (bicyclic) bond motifs is 1. The molecule has 46 heavy (non-hydrogen) atoms. The Morgan fingerprint density at radius 1 is 1.15 bits per heavy atom. The Labute approximate surface area is 276 Å². The molecule has 248 valence electrons. The van der Waals surface area contributed by atoms with E-state index in [-0.39, 0.29) is 47.7 Å². The van der Waals surface area contributed by atoms with Crippen molar-refractivity contribution in [3.63, 3.8) is 0 Å². The molecule has 0 unspecified atom stereocenters. The number of hydrogen-bond donors (Lipinski definition) is 2. The van der Waals surface area contributed by atoms with Crippen molar-refractivity contribution in [2.75, 3.05) is 41.8 Å². The number of amides is 2. The summed E-state index contributed by atoms with van der Waals surface area (Å²) in [5.41, 5.74) is -0.221. The highest BCUT2D eigenvalue weighted by atomic mass is 35.5. The second-order valence-electron chi connectivity index (χ2n) is 13.1. The van der Waals surface area contributed by atoms with Crippen molar-refractivity contribution in [3.05, 3.63) is 58.7 Å². The van der Waals surface area contributed by atoms with Gasteiger partial charge in [0.15, 0.2) is 9.84 Å². The number of hydrogen-bond acceptors (Lipinski definition) is 9. The van der Waals surface area contributed by atoms with Gasteiger partial charge in [-0.15, -0.1) is 22.0 Å². The van der Waals surface area contributed by atoms with Crippen molar-refractivity contribution in [2.24, 2.45) is 5.92 Å². The third kappa shape index (κ3) is 8.01. The summed E-state index contributed by atoms with van der Waals surface area (Å²) in [4.78, 5) is 29.8. The molecule has 1 saturated heterocycles. The molecule has 0 saturated carbocycles. The monoisotopic (exact) mass is 693 g/mol. The Morgan fingerprint density at radius 3 is 2.48 bits per heavy atom. The Kier molecular flexibility index (Phi) is 9.74. The summed E-state index contributed by atoms with van der Waals surface area (Å²) in [5, 5.41) is 20.8. The van der Waals surface area contributed by atoms with Crippen LogP contribution in [0.1, 0.15) is 45.6 Å². The van der Waals surface area contributed by atoms with Crippen LogP contribution in [0.25, 0.3) is 11.5 Å². The van der Waals surface area contributed by atoms with Gasteiger partial charge < -0.3 is 24.6 Å². The lowest BCUT2D eigenvalue weighted by atomic mass is 9.90. The fourth-order valence-electron chi connectivity index (χ4n) is 5.81. The quantitative estimate of drug-likeness (QED) is 0.306. The number of benzene rings is 2. The zero-order valence-electron chi connectivity index (χ0n) is 26.0. The molecule has 1 atom stereocenters. The van der Waals surface area contributed by atoms with Crippen molar-refractivity contribution in [3.8, 4) is 11.5 Å². The largest absolute Gasteiger partial charge is 0.465 e. The number of anilines is 1. The minimum Gasteiger partial charge on any atom is -0.465 e. The van der Waals surface area contributed by atoms with Crippen LogP contribution in [0.3, 0.4) is 0 Å². The molecule has 2 aliphatic rings. The van der Waals surface area contributed by atoms with Gasteiger partial charge in [-0.2, -0.15) is 0 Å². The Morgan fingerprint density at radius 2 is 1.83 bits per heavy atom. The summed E-state index contributed by atoms with van der Waals surface area (Å²) < 4.78 is 45.5. The van der Waals surface area contributed by atoms with Crippen LogP contribution in [-0.2, 0) is 26.6 Å². The molecule has 1 fully saturated rings. The van der Waals surface area contributed by atoms with E-state index in [1.54, 1.807) is 36.9 Å². The molecule has 0 bridgehead atoms. The van der Waals surface area contributed by atoms with Gasteiger partial charge in [-0.3, -0.25) is 4.79 Å². The zero-order valence-corrected chi connectivity index (χ0v) is 28.4. The zero-order chi connectivity index (χ0) is 33.4. The number of halogens is 2. The van der Waals surface area contributed by atoms with Crippen LogP contribution >= 0.6 is 23.4 Å². The first kappa shape index (κ1) is 34.1. The number of carbonyl (C=O) groups excluding carboxylic acids is 1. The van der Waals surface area contributed by atoms with Crippen LogP contribution in [0.4, 0.5) is 14.9 Å². The third-order valence-electron chi connectivity index (χ3n) is 8.14. The molecule has 3 heterocycles. The second kappa shape index (κ2) is 13.1. The average Bonchev–Trinajstić information content (AvgIpc) is 3.43. The lowest BCUT2D eigenvalue weighted by molar-refractivity contribution is -0.122. The molecule has 2 aliphatic heterocycles. The number of thioether (sulfide) groups is 1. The number of nitrogens with one attached hydrogen (secondary N) is 1. The molecular formula is C31H37ClFN5O6S2. The van der Waals surface area contributed by atoms with E-state index in [0.29, 0.717) is 41.0 Å². The molecule has 0 aliphatic carbocycles. The smallest absolute Gasteiger partial charge is 0.405 e. The van der Waals surface area contributed by atoms with E-state index in [2.05, 4.69) is 15.5 Å². The van der Waals surface area contributed by atoms with Gasteiger partial charge in [-0.05, 0) is 63.9 Å². The van der Waals surface area contributed by atoms with Crippen LogP contribution in [0.15, 0.2) is 45.7 Å². The minimum atomic E-state index is -3.03. The van der Waals surface area contributed by atoms with Gasteiger partial charge in [-0.25, -0.2) is 17.6 Å². The maximum atomic E-state index is 15.8. The first-order valence-electron chi connectivity index (χ1n) is 14.8. The normalized spacial score (nSPS) is 19.0. The van der Waals surface area contributed by atoms with E-state index >= 15 is 4.39 Å². The Balaban J connectivity index is 1.47. The predicted molar refractivity (Wildman–Crippen MR) is 175 cm³/mol. The Bertz CT molecular complexity index is 1720. The number of carbonyl (C=O) groups is 2. The summed E-state index contributed by atoms with van der Waals surface area (Å²) in [6, 6.07) is 10.00. The van der Waals surface area contributed by atoms with E-state index in [9.17, 15) is 23.1 Å². The van der Waals surface area contributed by atoms with Crippen molar-refractivity contribution in [1.82, 2.24) is 20.4 Å². The number of nitrogens with zero attached hydrogens (tertiary/aromatic N) is 4. The van der Waals surface area contributed by atoms with Crippen LogP contribution in [0, 0.1) is 11.7 Å². The topological polar surface area (TPSA) is 146 Å². The first-order valence-corrected chi connectivity index (χ1v) is 18.0. The molecule has 0 spiro atoms. The molecule has 15 heteroatoms. The van der Waals surface area contributed by atoms with Gasteiger partial charge >= 0.3 is 6.09 Å². The van der Waals surface area contributed by atoms with E-state index in [1.165, 1.54) is 17.8 Å². The molecule has 3 aromatic rings. The number of rotatable bonds is 9. The minimum absolute atomic E-state index is 0.0400. The van der Waals surface area contributed by atoms with Crippen molar-refractivity contribution in [2.45, 2.75) is 56.5 Å². The number of aromatic nitrogens is 2. The van der Waals surface area contributed by atoms with E-state index in [4.69, 9.17) is 16.0 Å². The summed E-state index contributed by atoms with van der Waals surface area (Å²) in [7, 11) is -3.03. The van der Waals surface area contributed by atoms with Gasteiger partial charge in [0.05, 0.1) is 40.6 Å². The van der Waals surface area contributed by atoms with Crippen LogP contribution in [0.2, 0.25) is 5.02 Å². The second-order valence-corrected chi connectivity index (χ2v) is 16.9. The number of sulfone groups is 1. The summed E-state index contributed by atoms with van der Waals surface area (Å²) in [6.45, 7) is 8.73. The highest BCUT2D eigenvalue weighted by Gasteiger charge is 2.37. The molecule has 1 aromatic heterocycles. The lowest BCUT2D eigenvalue weighted by Gasteiger charge is -2.32. The fourth-order valence-corrected chi connectivity index (χ4v) is 8.36. The lowest BCUT2D eigenvalue weighted by Crippen LogP contribution is -2.47. The van der Waals surface area contributed by atoms with Crippen LogP contribution in [0.5, 0.6) is 0 Å². The van der Waals surface area contributed by atoms with Crippen LogP contribution in [-0.4, -0.2) is 83.1 Å². The maximum absolute atomic E-state index is 15.8. The van der Waals surface area contributed by atoms with Gasteiger partial charge in [0.25, 0.3) is 5.89 Å². The fraction of sp³-hybridized carbons (Fsp3) is 0.484. The van der Waals surface area contributed by atoms with Gasteiger partial charge in [0.1, 0.15) is 5.82 Å². The molecule has 5 rings (SSSR count). The van der Waals surface area contributed by atoms with Gasteiger partial charge in [-0.1, -0.05) is 23.7 Å². The van der Waals surface area contributed by atoms with E-state index in [0.717, 1.165) is 5.56 Å². The first-order chi connectivity index (χ1) is 21.5. The molecule has 11 nitrogen and oxygen atoms in total. The average molecular weight is 694 g/mol. The van der Waals surface area contributed by atoms with E-state index < -0.39 is 38.6 Å². The van der Waals surface area contributed by atoms with Crippen molar-refractivity contribution < 1.29 is 31.9 Å². The summed E-state index contributed by atoms with van der Waals surface area (Å²) in [6.07, 6.45) is -0.950. The van der Waals surface area contributed by atoms with Crippen LogP contribution < -0.4 is 10.2 Å². The van der Waals surface area contributed by atoms with E-state index in [1.807, 2.05) is 30.9 Å². The Hall–Kier alpha value is -3.20. The molecular weight excluding hydrogens is 657 g/mol. The maximum Gasteiger partial charge on any atom is 0.405 e.